The number of nitrogens with two attached hydrogens (primary N) is 1. The summed E-state index contributed by atoms with van der Waals surface area (Å²) in [7, 11) is 2.52. The van der Waals surface area contributed by atoms with Crippen LogP contribution in [-0.2, 0) is 23.6 Å². The van der Waals surface area contributed by atoms with E-state index < -0.39 is 35.2 Å². The lowest BCUT2D eigenvalue weighted by Crippen LogP contribution is -2.42. The van der Waals surface area contributed by atoms with E-state index in [1.165, 1.54) is 26.4 Å². The van der Waals surface area contributed by atoms with Gasteiger partial charge in [0.05, 0.1) is 6.26 Å². The highest BCUT2D eigenvalue weighted by atomic mass is 16.5. The first-order chi connectivity index (χ1) is 16.8. The van der Waals surface area contributed by atoms with E-state index in [1.807, 2.05) is 6.07 Å². The highest BCUT2D eigenvalue weighted by Gasteiger charge is 2.25. The normalized spacial score (nSPS) is 11.4. The van der Waals surface area contributed by atoms with Gasteiger partial charge in [-0.3, -0.25) is 18.7 Å². The van der Waals surface area contributed by atoms with Gasteiger partial charge in [0, 0.05) is 25.7 Å². The Kier molecular flexibility index (Phi) is 6.22. The molecule has 0 radical (unpaired) electrons. The number of carbonyl (C=O) groups is 2. The molecule has 4 aromatic rings. The van der Waals surface area contributed by atoms with Crippen molar-refractivity contribution in [2.75, 3.05) is 12.3 Å². The van der Waals surface area contributed by atoms with E-state index in [0.717, 1.165) is 13.8 Å². The molecule has 13 nitrogen and oxygen atoms in total. The second-order valence-electron chi connectivity index (χ2n) is 7.29. The van der Waals surface area contributed by atoms with Gasteiger partial charge in [0.2, 0.25) is 5.78 Å². The van der Waals surface area contributed by atoms with Crippen LogP contribution >= 0.6 is 0 Å². The molecule has 0 saturated heterocycles. The van der Waals surface area contributed by atoms with Crippen LogP contribution in [0.15, 0.2) is 62.7 Å². The summed E-state index contributed by atoms with van der Waals surface area (Å²) in [4.78, 5) is 50.2. The third-order valence-corrected chi connectivity index (χ3v) is 5.08. The van der Waals surface area contributed by atoms with E-state index in [4.69, 9.17) is 14.9 Å². The number of Topliss-reactive ketones (excluding diaryl/α,β-unsaturated/α-hetero) is 1. The van der Waals surface area contributed by atoms with Crippen molar-refractivity contribution in [2.45, 2.75) is 0 Å². The maximum atomic E-state index is 13.1. The second-order valence-corrected chi connectivity index (χ2v) is 7.29. The molecule has 13 heteroatoms. The van der Waals surface area contributed by atoms with Crippen LogP contribution in [0.2, 0.25) is 0 Å². The fourth-order valence-corrected chi connectivity index (χ4v) is 3.23. The Morgan fingerprint density at radius 1 is 1.09 bits per heavy atom. The number of carbonyl (C=O) groups excluding carboxylic acids is 2. The van der Waals surface area contributed by atoms with Crippen LogP contribution in [0.1, 0.15) is 16.1 Å². The number of nitrogens with zero attached hydrogens (tertiary/aromatic N) is 6. The smallest absolute Gasteiger partial charge is 0.357 e. The van der Waals surface area contributed by atoms with Crippen molar-refractivity contribution in [3.05, 3.63) is 80.9 Å². The van der Waals surface area contributed by atoms with Gasteiger partial charge in [0.1, 0.15) is 17.1 Å². The molecule has 4 rings (SSSR count). The number of esters is 1. The molecule has 178 valence electrons. The maximum Gasteiger partial charge on any atom is 0.357 e. The van der Waals surface area contributed by atoms with Gasteiger partial charge in [-0.2, -0.15) is 4.68 Å². The van der Waals surface area contributed by atoms with E-state index in [2.05, 4.69) is 15.5 Å². The summed E-state index contributed by atoms with van der Waals surface area (Å²) in [6.45, 7) is -0.825. The topological polar surface area (TPSA) is 170 Å². The fraction of sp³-hybridized carbons (Fsp3) is 0.136. The first-order valence-corrected chi connectivity index (χ1v) is 10.1. The van der Waals surface area contributed by atoms with Crippen LogP contribution < -0.4 is 17.0 Å². The number of aromatic nitrogens is 6. The predicted molar refractivity (Wildman–Crippen MR) is 123 cm³/mol. The lowest BCUT2D eigenvalue weighted by molar-refractivity contribution is -0.136. The molecule has 0 spiro atoms. The summed E-state index contributed by atoms with van der Waals surface area (Å²) < 4.78 is 13.3. The molecule has 0 unspecified atom stereocenters. The van der Waals surface area contributed by atoms with Gasteiger partial charge in [-0.1, -0.05) is 30.3 Å². The van der Waals surface area contributed by atoms with Gasteiger partial charge >= 0.3 is 11.7 Å². The Morgan fingerprint density at radius 2 is 1.83 bits per heavy atom. The standard InChI is InChI=1S/C22H19N7O6/c1-27-18(23)17(20(31)28(2)22(27)33)16(30)12-35-21(32)15(11-14-9-6-10-34-14)29-19(24-25-26-29)13-7-4-3-5-8-13/h3-11H,12,23H2,1-2H3. The van der Waals surface area contributed by atoms with Crippen LogP contribution in [0.3, 0.4) is 0 Å². The first kappa shape index (κ1) is 23.1. The Labute approximate surface area is 196 Å². The molecule has 35 heavy (non-hydrogen) atoms. The Morgan fingerprint density at radius 3 is 2.51 bits per heavy atom. The molecular formula is C22H19N7O6. The largest absolute Gasteiger partial charge is 0.465 e. The molecular weight excluding hydrogens is 458 g/mol. The molecule has 0 fully saturated rings. The Balaban J connectivity index is 1.66. The highest BCUT2D eigenvalue weighted by Crippen LogP contribution is 2.21. The minimum atomic E-state index is -0.973. The van der Waals surface area contributed by atoms with Crippen LogP contribution in [0.5, 0.6) is 0 Å². The molecule has 2 N–H and O–H groups in total. The van der Waals surface area contributed by atoms with Crippen molar-refractivity contribution in [2.24, 2.45) is 14.1 Å². The SMILES string of the molecule is Cn1c(N)c(C(=O)COC(=O)C(=Cc2ccco2)n2nnnc2-c2ccccc2)c(=O)n(C)c1=O. The number of benzene rings is 1. The highest BCUT2D eigenvalue weighted by molar-refractivity contribution is 6.16. The molecule has 0 saturated carbocycles. The average Bonchev–Trinajstić information content (AvgIpc) is 3.56. The third kappa shape index (κ3) is 4.42. The van der Waals surface area contributed by atoms with Crippen LogP contribution in [0.4, 0.5) is 5.82 Å². The molecule has 0 amide bonds. The summed E-state index contributed by atoms with van der Waals surface area (Å²) >= 11 is 0. The van der Waals surface area contributed by atoms with Crippen molar-refractivity contribution in [3.8, 4) is 11.4 Å². The molecule has 0 aliphatic heterocycles. The second kappa shape index (κ2) is 9.43. The van der Waals surface area contributed by atoms with E-state index in [1.54, 1.807) is 36.4 Å². The van der Waals surface area contributed by atoms with Gasteiger partial charge in [-0.25, -0.2) is 9.59 Å². The minimum Gasteiger partial charge on any atom is -0.465 e. The van der Waals surface area contributed by atoms with E-state index in [9.17, 15) is 19.2 Å². The van der Waals surface area contributed by atoms with Crippen molar-refractivity contribution in [1.82, 2.24) is 29.3 Å². The molecule has 0 bridgehead atoms. The number of rotatable bonds is 7. The van der Waals surface area contributed by atoms with Crippen LogP contribution in [-0.4, -0.2) is 47.7 Å². The number of furan rings is 1. The zero-order valence-electron chi connectivity index (χ0n) is 18.6. The molecule has 0 aliphatic rings. The number of nitrogen functional groups attached to an aromatic ring is 1. The summed E-state index contributed by atoms with van der Waals surface area (Å²) in [6.07, 6.45) is 2.75. The van der Waals surface area contributed by atoms with Gasteiger partial charge in [0.25, 0.3) is 5.56 Å². The molecule has 3 aromatic heterocycles. The molecule has 0 atom stereocenters. The summed E-state index contributed by atoms with van der Waals surface area (Å²) in [5, 5.41) is 11.5. The number of tetrazole rings is 1. The monoisotopic (exact) mass is 477 g/mol. The van der Waals surface area contributed by atoms with Crippen molar-refractivity contribution >= 4 is 29.3 Å². The van der Waals surface area contributed by atoms with Crippen LogP contribution in [0.25, 0.3) is 23.2 Å². The van der Waals surface area contributed by atoms with Crippen molar-refractivity contribution in [3.63, 3.8) is 0 Å². The number of anilines is 1. The summed E-state index contributed by atoms with van der Waals surface area (Å²) in [6, 6.07) is 12.1. The number of ketones is 1. The zero-order valence-corrected chi connectivity index (χ0v) is 18.6. The van der Waals surface area contributed by atoms with Gasteiger partial charge in [0.15, 0.2) is 18.1 Å². The molecule has 0 aliphatic carbocycles. The first-order valence-electron chi connectivity index (χ1n) is 10.1. The van der Waals surface area contributed by atoms with Gasteiger partial charge < -0.3 is 14.9 Å². The summed E-state index contributed by atoms with van der Waals surface area (Å²) in [5.41, 5.74) is 4.21. The average molecular weight is 477 g/mol. The molecule has 3 heterocycles. The van der Waals surface area contributed by atoms with Crippen LogP contribution in [0, 0.1) is 0 Å². The minimum absolute atomic E-state index is 0.155. The lowest BCUT2D eigenvalue weighted by atomic mass is 10.2. The number of hydrogen-bond donors (Lipinski definition) is 1. The van der Waals surface area contributed by atoms with E-state index >= 15 is 0 Å². The number of hydrogen-bond acceptors (Lipinski definition) is 10. The zero-order chi connectivity index (χ0) is 25.1. The Bertz CT molecular complexity index is 1550. The van der Waals surface area contributed by atoms with Crippen molar-refractivity contribution in [1.29, 1.82) is 0 Å². The maximum absolute atomic E-state index is 13.1. The predicted octanol–water partition coefficient (Wildman–Crippen LogP) is 0.337. The Hall–Kier alpha value is -5.07. The van der Waals surface area contributed by atoms with E-state index in [0.29, 0.717) is 11.3 Å². The summed E-state index contributed by atoms with van der Waals surface area (Å²) in [5.74, 6) is -1.65. The van der Waals surface area contributed by atoms with Gasteiger partial charge in [-0.15, -0.1) is 5.10 Å². The molecule has 1 aromatic carbocycles. The quantitative estimate of drug-likeness (QED) is 0.222. The fourth-order valence-electron chi connectivity index (χ4n) is 3.23. The van der Waals surface area contributed by atoms with Gasteiger partial charge in [-0.05, 0) is 22.6 Å². The van der Waals surface area contributed by atoms with E-state index in [-0.39, 0.29) is 17.3 Å². The van der Waals surface area contributed by atoms with Crippen molar-refractivity contribution < 1.29 is 18.7 Å². The number of ether oxygens (including phenoxy) is 1. The lowest BCUT2D eigenvalue weighted by Gasteiger charge is -2.12. The third-order valence-electron chi connectivity index (χ3n) is 5.08.